The van der Waals surface area contributed by atoms with Crippen LogP contribution in [-0.2, 0) is 17.3 Å². The Morgan fingerprint density at radius 1 is 1.05 bits per heavy atom. The van der Waals surface area contributed by atoms with E-state index in [1.165, 1.54) is 11.1 Å². The first kappa shape index (κ1) is 18.4. The molecule has 0 fully saturated rings. The first-order chi connectivity index (χ1) is 9.70. The molecule has 0 radical (unpaired) electrons. The summed E-state index contributed by atoms with van der Waals surface area (Å²) in [5.41, 5.74) is 2.50. The summed E-state index contributed by atoms with van der Waals surface area (Å²) < 4.78 is 6.34. The van der Waals surface area contributed by atoms with Crippen LogP contribution in [0.3, 0.4) is 0 Å². The third kappa shape index (κ3) is 4.94. The molecule has 1 aromatic carbocycles. The van der Waals surface area contributed by atoms with Crippen LogP contribution in [0.2, 0.25) is 18.1 Å². The van der Waals surface area contributed by atoms with Crippen LogP contribution < -0.4 is 0 Å². The van der Waals surface area contributed by atoms with Crippen molar-refractivity contribution in [3.63, 3.8) is 0 Å². The zero-order valence-corrected chi connectivity index (χ0v) is 15.6. The van der Waals surface area contributed by atoms with Gasteiger partial charge in [0.2, 0.25) is 0 Å². The van der Waals surface area contributed by atoms with Gasteiger partial charge in [-0.15, -0.1) is 0 Å². The average molecular weight is 309 g/mol. The molecule has 0 atom stereocenters. The van der Waals surface area contributed by atoms with Crippen molar-refractivity contribution in [3.05, 3.63) is 35.4 Å². The highest BCUT2D eigenvalue weighted by molar-refractivity contribution is 6.74. The number of rotatable bonds is 8. The fraction of sp³-hybridized carbons (Fsp3) is 0.667. The molecule has 1 rings (SSSR count). The summed E-state index contributed by atoms with van der Waals surface area (Å²) in [6.07, 6.45) is 1.70. The second-order valence-corrected chi connectivity index (χ2v) is 11.9. The molecule has 0 aliphatic heterocycles. The third-order valence-electron chi connectivity index (χ3n) is 5.27. The smallest absolute Gasteiger partial charge is 0.192 e. The highest BCUT2D eigenvalue weighted by Crippen LogP contribution is 2.44. The molecule has 0 bridgehead atoms. The molecule has 0 heterocycles. The Labute approximate surface area is 131 Å². The minimum absolute atomic E-state index is 0.215. The molecule has 1 N–H and O–H groups in total. The topological polar surface area (TPSA) is 29.5 Å². The maximum absolute atomic E-state index is 8.93. The molecule has 2 nitrogen and oxygen atoms in total. The van der Waals surface area contributed by atoms with E-state index in [1.807, 2.05) is 0 Å². The zero-order chi connectivity index (χ0) is 16.1. The predicted octanol–water partition coefficient (Wildman–Crippen LogP) is 4.42. The van der Waals surface area contributed by atoms with E-state index in [2.05, 4.69) is 65.1 Å². The second-order valence-electron chi connectivity index (χ2n) is 7.28. The molecule has 0 saturated carbocycles. The van der Waals surface area contributed by atoms with E-state index in [0.29, 0.717) is 5.92 Å². The van der Waals surface area contributed by atoms with Crippen LogP contribution in [0.15, 0.2) is 24.3 Å². The van der Waals surface area contributed by atoms with Crippen LogP contribution in [0.4, 0.5) is 0 Å². The van der Waals surface area contributed by atoms with Gasteiger partial charge in [0.25, 0.3) is 0 Å². The Kier molecular flexibility index (Phi) is 6.63. The van der Waals surface area contributed by atoms with Gasteiger partial charge in [-0.1, -0.05) is 52.0 Å². The molecule has 21 heavy (non-hydrogen) atoms. The van der Waals surface area contributed by atoms with E-state index in [4.69, 9.17) is 9.53 Å². The number of hydrogen-bond acceptors (Lipinski definition) is 2. The monoisotopic (exact) mass is 308 g/mol. The van der Waals surface area contributed by atoms with Gasteiger partial charge in [-0.25, -0.2) is 0 Å². The molecule has 1 aromatic rings. The third-order valence-corrected chi connectivity index (χ3v) is 9.88. The van der Waals surface area contributed by atoms with Crippen molar-refractivity contribution in [2.24, 2.45) is 5.92 Å². The van der Waals surface area contributed by atoms with Crippen LogP contribution in [0.25, 0.3) is 0 Å². The minimum Gasteiger partial charge on any atom is -0.416 e. The van der Waals surface area contributed by atoms with Gasteiger partial charge in [-0.3, -0.25) is 0 Å². The van der Waals surface area contributed by atoms with Crippen molar-refractivity contribution in [2.45, 2.75) is 58.7 Å². The predicted molar refractivity (Wildman–Crippen MR) is 93.2 cm³/mol. The van der Waals surface area contributed by atoms with Crippen LogP contribution in [0.5, 0.6) is 0 Å². The van der Waals surface area contributed by atoms with Gasteiger partial charge in [-0.05, 0) is 48.0 Å². The Balaban J connectivity index is 2.52. The van der Waals surface area contributed by atoms with Crippen LogP contribution >= 0.6 is 0 Å². The summed E-state index contributed by atoms with van der Waals surface area (Å²) in [4.78, 5) is 0. The Morgan fingerprint density at radius 2 is 1.52 bits per heavy atom. The maximum Gasteiger partial charge on any atom is 0.192 e. The molecular weight excluding hydrogens is 276 g/mol. The van der Waals surface area contributed by atoms with E-state index in [1.54, 1.807) is 0 Å². The van der Waals surface area contributed by atoms with E-state index < -0.39 is 8.32 Å². The van der Waals surface area contributed by atoms with Crippen molar-refractivity contribution in [2.75, 3.05) is 13.2 Å². The van der Waals surface area contributed by atoms with Crippen LogP contribution in [-0.4, -0.2) is 26.6 Å². The molecule has 0 aromatic heterocycles. The lowest BCUT2D eigenvalue weighted by Gasteiger charge is -2.42. The van der Waals surface area contributed by atoms with E-state index >= 15 is 0 Å². The van der Waals surface area contributed by atoms with E-state index in [0.717, 1.165) is 19.4 Å². The van der Waals surface area contributed by atoms with Gasteiger partial charge in [-0.2, -0.15) is 0 Å². The lowest BCUT2D eigenvalue weighted by atomic mass is 9.99. The fourth-order valence-electron chi connectivity index (χ4n) is 2.31. The molecule has 0 spiro atoms. The SMILES string of the molecule is CC(C)C(C)(C)[Si](C)(C)OCCc1ccc(CCO)cc1. The molecule has 0 aliphatic carbocycles. The Morgan fingerprint density at radius 3 is 1.95 bits per heavy atom. The molecule has 0 amide bonds. The molecule has 120 valence electrons. The summed E-state index contributed by atoms with van der Waals surface area (Å²) in [6.45, 7) is 14.9. The fourth-order valence-corrected chi connectivity index (χ4v) is 4.68. The molecule has 0 aliphatic rings. The van der Waals surface area contributed by atoms with Crippen molar-refractivity contribution < 1.29 is 9.53 Å². The highest BCUT2D eigenvalue weighted by atomic mass is 28.4. The molecule has 0 unspecified atom stereocenters. The van der Waals surface area contributed by atoms with Gasteiger partial charge >= 0.3 is 0 Å². The van der Waals surface area contributed by atoms with E-state index in [9.17, 15) is 0 Å². The number of aliphatic hydroxyl groups excluding tert-OH is 1. The highest BCUT2D eigenvalue weighted by Gasteiger charge is 2.42. The lowest BCUT2D eigenvalue weighted by Crippen LogP contribution is -2.45. The number of benzene rings is 1. The summed E-state index contributed by atoms with van der Waals surface area (Å²) in [6, 6.07) is 8.51. The van der Waals surface area contributed by atoms with Crippen LogP contribution in [0.1, 0.15) is 38.8 Å². The summed E-state index contributed by atoms with van der Waals surface area (Å²) in [5.74, 6) is 0.636. The largest absolute Gasteiger partial charge is 0.416 e. The Bertz CT molecular complexity index is 421. The first-order valence-corrected chi connectivity index (χ1v) is 10.9. The number of hydrogen-bond donors (Lipinski definition) is 1. The van der Waals surface area contributed by atoms with Gasteiger partial charge in [0, 0.05) is 13.2 Å². The lowest BCUT2D eigenvalue weighted by molar-refractivity contribution is 0.270. The van der Waals surface area contributed by atoms with E-state index in [-0.39, 0.29) is 11.6 Å². The standard InChI is InChI=1S/C18H32O2Si/c1-15(2)18(3,4)21(5,6)20-14-12-17-9-7-16(8-10-17)11-13-19/h7-10,15,19H,11-14H2,1-6H3. The normalized spacial score (nSPS) is 13.0. The van der Waals surface area contributed by atoms with Crippen molar-refractivity contribution in [1.29, 1.82) is 0 Å². The average Bonchev–Trinajstić information content (AvgIpc) is 2.40. The summed E-state index contributed by atoms with van der Waals surface area (Å²) in [5, 5.41) is 9.20. The second kappa shape index (κ2) is 7.57. The molecule has 0 saturated heterocycles. The summed E-state index contributed by atoms with van der Waals surface area (Å²) >= 11 is 0. The van der Waals surface area contributed by atoms with Gasteiger partial charge < -0.3 is 9.53 Å². The maximum atomic E-state index is 8.93. The summed E-state index contributed by atoms with van der Waals surface area (Å²) in [7, 11) is -1.70. The zero-order valence-electron chi connectivity index (χ0n) is 14.6. The number of aliphatic hydroxyl groups is 1. The van der Waals surface area contributed by atoms with Crippen molar-refractivity contribution in [3.8, 4) is 0 Å². The Hall–Kier alpha value is -0.643. The van der Waals surface area contributed by atoms with Crippen molar-refractivity contribution in [1.82, 2.24) is 0 Å². The van der Waals surface area contributed by atoms with Gasteiger partial charge in [0.1, 0.15) is 0 Å². The van der Waals surface area contributed by atoms with Gasteiger partial charge in [0.05, 0.1) is 0 Å². The minimum atomic E-state index is -1.70. The van der Waals surface area contributed by atoms with Crippen LogP contribution in [0, 0.1) is 5.92 Å². The quantitative estimate of drug-likeness (QED) is 0.720. The van der Waals surface area contributed by atoms with Crippen molar-refractivity contribution >= 4 is 8.32 Å². The van der Waals surface area contributed by atoms with Gasteiger partial charge in [0.15, 0.2) is 8.32 Å². The molecule has 3 heteroatoms. The first-order valence-electron chi connectivity index (χ1n) is 8.03. The molecular formula is C18H32O2Si.